The van der Waals surface area contributed by atoms with E-state index in [9.17, 15) is 14.4 Å². The van der Waals surface area contributed by atoms with Crippen LogP contribution in [-0.2, 0) is 4.79 Å². The van der Waals surface area contributed by atoms with Crippen LogP contribution in [0.25, 0.3) is 0 Å². The molecule has 3 aromatic rings. The second-order valence-electron chi connectivity index (χ2n) is 9.25. The topological polar surface area (TPSA) is 88.1 Å². The van der Waals surface area contributed by atoms with Crippen molar-refractivity contribution in [2.75, 3.05) is 13.1 Å². The monoisotopic (exact) mass is 517 g/mol. The predicted molar refractivity (Wildman–Crippen MR) is 143 cm³/mol. The Kier molecular flexibility index (Phi) is 8.04. The zero-order valence-electron chi connectivity index (χ0n) is 20.7. The SMILES string of the molecule is CC(C)(Oc1ccc(C(=O)c2ccc(Cl)cc2)cc1)C(=O)N1CCC(=NNC(=O)c2ccccc2)CC1. The van der Waals surface area contributed by atoms with Gasteiger partial charge in [0.25, 0.3) is 11.8 Å². The number of nitrogens with zero attached hydrogens (tertiary/aromatic N) is 2. The molecule has 0 unspecified atom stereocenters. The van der Waals surface area contributed by atoms with Crippen molar-refractivity contribution in [1.82, 2.24) is 10.3 Å². The maximum absolute atomic E-state index is 13.2. The van der Waals surface area contributed by atoms with Crippen LogP contribution in [0.3, 0.4) is 0 Å². The summed E-state index contributed by atoms with van der Waals surface area (Å²) >= 11 is 5.90. The van der Waals surface area contributed by atoms with Crippen LogP contribution in [-0.4, -0.2) is 46.9 Å². The second kappa shape index (κ2) is 11.4. The van der Waals surface area contributed by atoms with E-state index in [-0.39, 0.29) is 17.6 Å². The van der Waals surface area contributed by atoms with Gasteiger partial charge in [0.1, 0.15) is 5.75 Å². The van der Waals surface area contributed by atoms with E-state index in [0.29, 0.717) is 53.4 Å². The van der Waals surface area contributed by atoms with E-state index in [1.165, 1.54) is 0 Å². The number of nitrogens with one attached hydrogen (secondary N) is 1. The second-order valence-corrected chi connectivity index (χ2v) is 9.69. The van der Waals surface area contributed by atoms with Crippen LogP contribution in [0.4, 0.5) is 0 Å². The van der Waals surface area contributed by atoms with Gasteiger partial charge >= 0.3 is 0 Å². The summed E-state index contributed by atoms with van der Waals surface area (Å²) in [7, 11) is 0. The van der Waals surface area contributed by atoms with Crippen molar-refractivity contribution >= 4 is 34.9 Å². The highest BCUT2D eigenvalue weighted by Gasteiger charge is 2.35. The summed E-state index contributed by atoms with van der Waals surface area (Å²) in [5, 5.41) is 4.81. The molecule has 0 spiro atoms. The Hall–Kier alpha value is -3.97. The van der Waals surface area contributed by atoms with Crippen LogP contribution >= 0.6 is 11.6 Å². The largest absolute Gasteiger partial charge is 0.478 e. The van der Waals surface area contributed by atoms with E-state index in [1.807, 2.05) is 6.07 Å². The molecule has 4 rings (SSSR count). The lowest BCUT2D eigenvalue weighted by Crippen LogP contribution is -2.51. The van der Waals surface area contributed by atoms with Gasteiger partial charge in [-0.2, -0.15) is 5.10 Å². The first-order valence-corrected chi connectivity index (χ1v) is 12.4. The minimum atomic E-state index is -1.10. The molecule has 0 aliphatic carbocycles. The molecule has 2 amide bonds. The number of halogens is 1. The molecule has 0 bridgehead atoms. The summed E-state index contributed by atoms with van der Waals surface area (Å²) in [5.41, 5.74) is 3.93. The fraction of sp³-hybridized carbons (Fsp3) is 0.241. The van der Waals surface area contributed by atoms with E-state index in [1.54, 1.807) is 91.5 Å². The minimum absolute atomic E-state index is 0.121. The van der Waals surface area contributed by atoms with Crippen LogP contribution < -0.4 is 10.2 Å². The molecule has 1 N–H and O–H groups in total. The average molecular weight is 518 g/mol. The summed E-state index contributed by atoms with van der Waals surface area (Å²) in [6.07, 6.45) is 1.14. The van der Waals surface area contributed by atoms with E-state index < -0.39 is 5.60 Å². The van der Waals surface area contributed by atoms with Gasteiger partial charge in [0.2, 0.25) is 0 Å². The molecule has 8 heteroatoms. The Labute approximate surface area is 221 Å². The molecule has 190 valence electrons. The van der Waals surface area contributed by atoms with Crippen LogP contribution in [0.5, 0.6) is 5.75 Å². The number of carbonyl (C=O) groups excluding carboxylic acids is 3. The lowest BCUT2D eigenvalue weighted by molar-refractivity contribution is -0.145. The highest BCUT2D eigenvalue weighted by molar-refractivity contribution is 6.30. The Bertz CT molecular complexity index is 1290. The van der Waals surface area contributed by atoms with Crippen molar-refractivity contribution in [2.24, 2.45) is 5.10 Å². The van der Waals surface area contributed by atoms with Crippen LogP contribution in [0.1, 0.15) is 53.0 Å². The Balaban J connectivity index is 1.31. The molecule has 1 fully saturated rings. The van der Waals surface area contributed by atoms with Crippen molar-refractivity contribution in [3.05, 3.63) is 101 Å². The molecule has 0 saturated carbocycles. The van der Waals surface area contributed by atoms with Gasteiger partial charge in [0.15, 0.2) is 11.4 Å². The van der Waals surface area contributed by atoms with Crippen molar-refractivity contribution in [3.63, 3.8) is 0 Å². The molecule has 1 aliphatic heterocycles. The predicted octanol–water partition coefficient (Wildman–Crippen LogP) is 5.14. The fourth-order valence-corrected chi connectivity index (χ4v) is 4.15. The van der Waals surface area contributed by atoms with Gasteiger partial charge in [-0.3, -0.25) is 14.4 Å². The number of piperidine rings is 1. The quantitative estimate of drug-likeness (QED) is 0.347. The summed E-state index contributed by atoms with van der Waals surface area (Å²) in [6, 6.07) is 22.4. The van der Waals surface area contributed by atoms with Gasteiger partial charge in [-0.05, 0) is 74.5 Å². The highest BCUT2D eigenvalue weighted by Crippen LogP contribution is 2.23. The number of hydrogen-bond acceptors (Lipinski definition) is 5. The van der Waals surface area contributed by atoms with E-state index in [0.717, 1.165) is 5.71 Å². The number of benzene rings is 3. The summed E-state index contributed by atoms with van der Waals surface area (Å²) in [5.74, 6) is -0.0265. The number of ether oxygens (including phenoxy) is 1. The number of amides is 2. The van der Waals surface area contributed by atoms with Gasteiger partial charge in [0, 0.05) is 53.4 Å². The van der Waals surface area contributed by atoms with E-state index in [2.05, 4.69) is 10.5 Å². The average Bonchev–Trinajstić information content (AvgIpc) is 2.92. The van der Waals surface area contributed by atoms with Gasteiger partial charge in [-0.25, -0.2) is 5.43 Å². The number of ketones is 1. The number of hydrogen-bond donors (Lipinski definition) is 1. The molecule has 37 heavy (non-hydrogen) atoms. The molecule has 1 heterocycles. The molecule has 1 aliphatic rings. The molecule has 7 nitrogen and oxygen atoms in total. The van der Waals surface area contributed by atoms with Crippen LogP contribution in [0.15, 0.2) is 84.0 Å². The molecule has 0 atom stereocenters. The molecule has 0 aromatic heterocycles. The fourth-order valence-electron chi connectivity index (χ4n) is 4.02. The molecule has 1 saturated heterocycles. The normalized spacial score (nSPS) is 13.6. The number of likely N-dealkylation sites (tertiary alicyclic amines) is 1. The van der Waals surface area contributed by atoms with Crippen LogP contribution in [0, 0.1) is 0 Å². The van der Waals surface area contributed by atoms with E-state index in [4.69, 9.17) is 16.3 Å². The minimum Gasteiger partial charge on any atom is -0.478 e. The standard InChI is InChI=1S/C29H28ClN3O4/c1-29(2,37-25-14-10-21(11-15-25)26(34)20-8-12-23(30)13-9-20)28(36)33-18-16-24(17-19-33)31-32-27(35)22-6-4-3-5-7-22/h3-15H,16-19H2,1-2H3,(H,32,35). The third kappa shape index (κ3) is 6.62. The number of rotatable bonds is 7. The first kappa shape index (κ1) is 26.1. The van der Waals surface area contributed by atoms with Gasteiger partial charge in [-0.15, -0.1) is 0 Å². The van der Waals surface area contributed by atoms with Crippen molar-refractivity contribution < 1.29 is 19.1 Å². The molecule has 3 aromatic carbocycles. The van der Waals surface area contributed by atoms with Crippen LogP contribution in [0.2, 0.25) is 5.02 Å². The lowest BCUT2D eigenvalue weighted by atomic mass is 10.0. The third-order valence-electron chi connectivity index (χ3n) is 6.09. The van der Waals surface area contributed by atoms with Crippen molar-refractivity contribution in [1.29, 1.82) is 0 Å². The lowest BCUT2D eigenvalue weighted by Gasteiger charge is -2.34. The first-order valence-electron chi connectivity index (χ1n) is 12.0. The summed E-state index contributed by atoms with van der Waals surface area (Å²) in [6.45, 7) is 4.43. The van der Waals surface area contributed by atoms with E-state index >= 15 is 0 Å². The number of hydrazone groups is 1. The smallest absolute Gasteiger partial charge is 0.271 e. The van der Waals surface area contributed by atoms with Crippen molar-refractivity contribution in [2.45, 2.75) is 32.3 Å². The van der Waals surface area contributed by atoms with Crippen molar-refractivity contribution in [3.8, 4) is 5.75 Å². The van der Waals surface area contributed by atoms with Gasteiger partial charge in [0.05, 0.1) is 0 Å². The van der Waals surface area contributed by atoms with Gasteiger partial charge < -0.3 is 9.64 Å². The molecular formula is C29H28ClN3O4. The Morgan fingerprint density at radius 1 is 0.838 bits per heavy atom. The Morgan fingerprint density at radius 3 is 2.00 bits per heavy atom. The zero-order valence-corrected chi connectivity index (χ0v) is 21.5. The summed E-state index contributed by atoms with van der Waals surface area (Å²) < 4.78 is 6.02. The van der Waals surface area contributed by atoms with Gasteiger partial charge in [-0.1, -0.05) is 29.8 Å². The third-order valence-corrected chi connectivity index (χ3v) is 6.34. The summed E-state index contributed by atoms with van der Waals surface area (Å²) in [4.78, 5) is 39.8. The maximum atomic E-state index is 13.2. The first-order chi connectivity index (χ1) is 17.7. The maximum Gasteiger partial charge on any atom is 0.271 e. The highest BCUT2D eigenvalue weighted by atomic mass is 35.5. The Morgan fingerprint density at radius 2 is 1.41 bits per heavy atom. The zero-order chi connectivity index (χ0) is 26.4. The molecular weight excluding hydrogens is 490 g/mol. The molecule has 0 radical (unpaired) electrons. The number of carbonyl (C=O) groups is 3.